The van der Waals surface area contributed by atoms with Crippen molar-refractivity contribution in [3.05, 3.63) is 70.7 Å². The zero-order valence-electron chi connectivity index (χ0n) is 13.2. The van der Waals surface area contributed by atoms with E-state index in [9.17, 15) is 13.2 Å². The van der Waals surface area contributed by atoms with E-state index in [1.54, 1.807) is 0 Å². The van der Waals surface area contributed by atoms with Crippen molar-refractivity contribution in [1.82, 2.24) is 19.8 Å². The first-order valence-corrected chi connectivity index (χ1v) is 8.45. The van der Waals surface area contributed by atoms with Gasteiger partial charge in [-0.3, -0.25) is 0 Å². The van der Waals surface area contributed by atoms with Gasteiger partial charge in [0.2, 0.25) is 4.96 Å². The Morgan fingerprint density at radius 2 is 1.62 bits per heavy atom. The molecule has 4 rings (SSSR count). The van der Waals surface area contributed by atoms with Gasteiger partial charge >= 0.3 is 6.18 Å². The molecule has 0 unspecified atom stereocenters. The molecule has 2 aromatic carbocycles. The van der Waals surface area contributed by atoms with Crippen molar-refractivity contribution in [2.45, 2.75) is 6.18 Å². The normalized spacial score (nSPS) is 12.3. The van der Waals surface area contributed by atoms with Crippen LogP contribution in [0, 0.1) is 0 Å². The highest BCUT2D eigenvalue weighted by Gasteiger charge is 2.30. The molecule has 130 valence electrons. The third-order valence-electron chi connectivity index (χ3n) is 3.69. The average molecular weight is 372 g/mol. The molecule has 0 aliphatic rings. The van der Waals surface area contributed by atoms with Crippen LogP contribution in [0.2, 0.25) is 0 Å². The molecule has 0 N–H and O–H groups in total. The number of aromatic nitrogens is 4. The molecule has 0 amide bonds. The lowest BCUT2D eigenvalue weighted by molar-refractivity contribution is -0.137. The van der Waals surface area contributed by atoms with Gasteiger partial charge in [-0.1, -0.05) is 59.9 Å². The van der Waals surface area contributed by atoms with E-state index in [1.807, 2.05) is 42.5 Å². The Hall–Kier alpha value is -3.00. The third-order valence-corrected chi connectivity index (χ3v) is 4.56. The molecule has 0 saturated heterocycles. The number of halogens is 3. The molecule has 0 bridgehead atoms. The fourth-order valence-electron chi connectivity index (χ4n) is 2.42. The smallest absolute Gasteiger partial charge is 0.182 e. The summed E-state index contributed by atoms with van der Waals surface area (Å²) >= 11 is 1.35. The first-order chi connectivity index (χ1) is 12.5. The number of alkyl halides is 3. The van der Waals surface area contributed by atoms with Gasteiger partial charge in [0.15, 0.2) is 5.82 Å². The fraction of sp³-hybridized carbons (Fsp3) is 0.0556. The van der Waals surface area contributed by atoms with Gasteiger partial charge in [0.05, 0.1) is 5.56 Å². The summed E-state index contributed by atoms with van der Waals surface area (Å²) in [6, 6.07) is 14.6. The number of fused-ring (bicyclic) bond motifs is 1. The quantitative estimate of drug-likeness (QED) is 0.506. The van der Waals surface area contributed by atoms with E-state index in [0.717, 1.165) is 22.7 Å². The molecule has 0 spiro atoms. The van der Waals surface area contributed by atoms with Gasteiger partial charge in [-0.2, -0.15) is 22.8 Å². The maximum Gasteiger partial charge on any atom is 0.416 e. The Morgan fingerprint density at radius 3 is 2.31 bits per heavy atom. The lowest BCUT2D eigenvalue weighted by atomic mass is 10.1. The van der Waals surface area contributed by atoms with Crippen LogP contribution in [0.25, 0.3) is 28.5 Å². The van der Waals surface area contributed by atoms with E-state index in [-0.39, 0.29) is 0 Å². The van der Waals surface area contributed by atoms with E-state index in [2.05, 4.69) is 15.3 Å². The second kappa shape index (κ2) is 6.38. The summed E-state index contributed by atoms with van der Waals surface area (Å²) in [6.45, 7) is 0. The SMILES string of the molecule is FC(F)(F)c1ccc(-c2nnc3sc(C=Cc4ccccc4)nn23)cc1. The first-order valence-electron chi connectivity index (χ1n) is 7.64. The summed E-state index contributed by atoms with van der Waals surface area (Å²) in [7, 11) is 0. The molecule has 4 aromatic rings. The summed E-state index contributed by atoms with van der Waals surface area (Å²) in [5.41, 5.74) is 0.864. The summed E-state index contributed by atoms with van der Waals surface area (Å²) in [6.07, 6.45) is -0.566. The maximum atomic E-state index is 12.7. The van der Waals surface area contributed by atoms with Crippen LogP contribution in [0.5, 0.6) is 0 Å². The molecule has 4 nitrogen and oxygen atoms in total. The standard InChI is InChI=1S/C18H11F3N4S/c19-18(20,21)14-9-7-13(8-10-14)16-22-23-17-25(16)24-15(26-17)11-6-12-4-2-1-3-5-12/h1-11H. The van der Waals surface area contributed by atoms with Crippen molar-refractivity contribution >= 4 is 28.4 Å². The van der Waals surface area contributed by atoms with Crippen molar-refractivity contribution < 1.29 is 13.2 Å². The van der Waals surface area contributed by atoms with E-state index < -0.39 is 11.7 Å². The molecule has 26 heavy (non-hydrogen) atoms. The van der Waals surface area contributed by atoms with Crippen molar-refractivity contribution in [3.63, 3.8) is 0 Å². The number of hydrogen-bond acceptors (Lipinski definition) is 4. The molecule has 2 aromatic heterocycles. The number of nitrogens with zero attached hydrogens (tertiary/aromatic N) is 4. The molecule has 0 atom stereocenters. The van der Waals surface area contributed by atoms with Crippen LogP contribution in [0.4, 0.5) is 13.2 Å². The van der Waals surface area contributed by atoms with Crippen LogP contribution in [0.1, 0.15) is 16.1 Å². The minimum atomic E-state index is -4.37. The highest BCUT2D eigenvalue weighted by Crippen LogP contribution is 2.31. The molecular formula is C18H11F3N4S. The largest absolute Gasteiger partial charge is 0.416 e. The number of benzene rings is 2. The van der Waals surface area contributed by atoms with Crippen molar-refractivity contribution in [1.29, 1.82) is 0 Å². The van der Waals surface area contributed by atoms with Crippen LogP contribution in [-0.2, 0) is 6.18 Å². The van der Waals surface area contributed by atoms with Gasteiger partial charge in [-0.25, -0.2) is 0 Å². The summed E-state index contributed by atoms with van der Waals surface area (Å²) < 4.78 is 39.6. The van der Waals surface area contributed by atoms with E-state index >= 15 is 0 Å². The van der Waals surface area contributed by atoms with Crippen LogP contribution in [-0.4, -0.2) is 19.8 Å². The van der Waals surface area contributed by atoms with Crippen LogP contribution < -0.4 is 0 Å². The fourth-order valence-corrected chi connectivity index (χ4v) is 3.16. The zero-order valence-corrected chi connectivity index (χ0v) is 14.0. The van der Waals surface area contributed by atoms with E-state index in [0.29, 0.717) is 16.3 Å². The van der Waals surface area contributed by atoms with E-state index in [1.165, 1.54) is 28.0 Å². The van der Waals surface area contributed by atoms with Gasteiger partial charge in [-0.05, 0) is 23.8 Å². The summed E-state index contributed by atoms with van der Waals surface area (Å²) in [4.78, 5) is 0.576. The van der Waals surface area contributed by atoms with Crippen LogP contribution in [0.15, 0.2) is 54.6 Å². The van der Waals surface area contributed by atoms with Gasteiger partial charge in [0.25, 0.3) is 0 Å². The van der Waals surface area contributed by atoms with Crippen molar-refractivity contribution in [2.24, 2.45) is 0 Å². The van der Waals surface area contributed by atoms with Gasteiger partial charge in [0, 0.05) is 5.56 Å². The molecule has 0 aliphatic carbocycles. The Balaban J connectivity index is 1.65. The predicted molar refractivity (Wildman–Crippen MR) is 94.5 cm³/mol. The topological polar surface area (TPSA) is 43.1 Å². The van der Waals surface area contributed by atoms with Gasteiger partial charge < -0.3 is 0 Å². The van der Waals surface area contributed by atoms with Crippen LogP contribution in [0.3, 0.4) is 0 Å². The van der Waals surface area contributed by atoms with Crippen LogP contribution >= 0.6 is 11.3 Å². The summed E-state index contributed by atoms with van der Waals surface area (Å²) in [5, 5.41) is 13.3. The minimum Gasteiger partial charge on any atom is -0.182 e. The Kier molecular flexibility index (Phi) is 4.04. The van der Waals surface area contributed by atoms with Crippen molar-refractivity contribution in [2.75, 3.05) is 0 Å². The monoisotopic (exact) mass is 372 g/mol. The predicted octanol–water partition coefficient (Wildman–Crippen LogP) is 5.04. The first kappa shape index (κ1) is 16.5. The summed E-state index contributed by atoms with van der Waals surface area (Å²) in [5.74, 6) is 0.407. The highest BCUT2D eigenvalue weighted by atomic mass is 32.1. The van der Waals surface area contributed by atoms with Gasteiger partial charge in [-0.15, -0.1) is 10.2 Å². The Morgan fingerprint density at radius 1 is 0.885 bits per heavy atom. The lowest BCUT2D eigenvalue weighted by Gasteiger charge is -2.06. The highest BCUT2D eigenvalue weighted by molar-refractivity contribution is 7.17. The molecule has 0 saturated carbocycles. The molecule has 2 heterocycles. The Bertz CT molecular complexity index is 1060. The number of hydrogen-bond donors (Lipinski definition) is 0. The molecule has 0 radical (unpaired) electrons. The Labute approximate surface area is 150 Å². The molecule has 0 aliphatic heterocycles. The second-order valence-corrected chi connectivity index (χ2v) is 6.46. The zero-order chi connectivity index (χ0) is 18.1. The lowest BCUT2D eigenvalue weighted by Crippen LogP contribution is -2.04. The number of rotatable bonds is 3. The van der Waals surface area contributed by atoms with Gasteiger partial charge in [0.1, 0.15) is 5.01 Å². The maximum absolute atomic E-state index is 12.7. The molecule has 0 fully saturated rings. The van der Waals surface area contributed by atoms with E-state index in [4.69, 9.17) is 0 Å². The van der Waals surface area contributed by atoms with Crippen molar-refractivity contribution in [3.8, 4) is 11.4 Å². The second-order valence-electron chi connectivity index (χ2n) is 5.48. The minimum absolute atomic E-state index is 0.407. The average Bonchev–Trinajstić information content (AvgIpc) is 3.20. The molecular weight excluding hydrogens is 361 g/mol. The third kappa shape index (κ3) is 3.23. The molecule has 8 heteroatoms.